The Kier molecular flexibility index (Phi) is 6.55. The van der Waals surface area contributed by atoms with Crippen LogP contribution in [0.4, 0.5) is 0 Å². The highest BCUT2D eigenvalue weighted by atomic mass is 16.5. The van der Waals surface area contributed by atoms with E-state index in [1.54, 1.807) is 30.5 Å². The SMILES string of the molecule is COC(=O)C(Cc1c[nH]c2ccccc12)NC(=O)C(Cc1ccccc1)N1C(=O)c2ccccc2C1=O. The lowest BCUT2D eigenvalue weighted by Gasteiger charge is -2.27. The molecule has 0 spiro atoms. The number of imide groups is 1. The Morgan fingerprint density at radius 3 is 2.16 bits per heavy atom. The Balaban J connectivity index is 1.46. The summed E-state index contributed by atoms with van der Waals surface area (Å²) >= 11 is 0. The predicted octanol–water partition coefficient (Wildman–Crippen LogP) is 3.28. The molecule has 0 radical (unpaired) electrons. The fourth-order valence-corrected chi connectivity index (χ4v) is 4.75. The third kappa shape index (κ3) is 4.61. The number of fused-ring (bicyclic) bond motifs is 2. The van der Waals surface area contributed by atoms with Gasteiger partial charge in [-0.05, 0) is 29.3 Å². The molecule has 2 N–H and O–H groups in total. The van der Waals surface area contributed by atoms with Gasteiger partial charge in [0.15, 0.2) is 0 Å². The number of H-pyrrole nitrogens is 1. The Morgan fingerprint density at radius 2 is 1.49 bits per heavy atom. The van der Waals surface area contributed by atoms with Crippen LogP contribution in [0, 0.1) is 0 Å². The Hall–Kier alpha value is -4.72. The predicted molar refractivity (Wildman–Crippen MR) is 137 cm³/mol. The molecule has 2 heterocycles. The van der Waals surface area contributed by atoms with Crippen LogP contribution in [0.25, 0.3) is 10.9 Å². The van der Waals surface area contributed by atoms with Crippen LogP contribution in [0.1, 0.15) is 31.8 Å². The maximum Gasteiger partial charge on any atom is 0.328 e. The number of carbonyl (C=O) groups excluding carboxylic acids is 4. The lowest BCUT2D eigenvalue weighted by Crippen LogP contribution is -2.54. The number of carbonyl (C=O) groups is 4. The van der Waals surface area contributed by atoms with Crippen molar-refractivity contribution in [3.63, 3.8) is 0 Å². The molecule has 0 fully saturated rings. The van der Waals surface area contributed by atoms with Gasteiger partial charge in [0.2, 0.25) is 5.91 Å². The molecule has 2 atom stereocenters. The van der Waals surface area contributed by atoms with E-state index in [-0.39, 0.29) is 24.0 Å². The molecule has 0 bridgehead atoms. The molecule has 1 aliphatic rings. The summed E-state index contributed by atoms with van der Waals surface area (Å²) in [7, 11) is 1.25. The van der Waals surface area contributed by atoms with Crippen molar-refractivity contribution in [1.82, 2.24) is 15.2 Å². The van der Waals surface area contributed by atoms with Crippen LogP contribution in [0.5, 0.6) is 0 Å². The number of rotatable bonds is 8. The Morgan fingerprint density at radius 1 is 0.865 bits per heavy atom. The maximum atomic E-state index is 13.7. The van der Waals surface area contributed by atoms with Crippen LogP contribution in [0.3, 0.4) is 0 Å². The number of methoxy groups -OCH3 is 1. The molecule has 0 saturated heterocycles. The van der Waals surface area contributed by atoms with Gasteiger partial charge in [-0.1, -0.05) is 60.7 Å². The first-order chi connectivity index (χ1) is 18.0. The lowest BCUT2D eigenvalue weighted by molar-refractivity contribution is -0.145. The van der Waals surface area contributed by atoms with Gasteiger partial charge in [-0.15, -0.1) is 0 Å². The summed E-state index contributed by atoms with van der Waals surface area (Å²) in [6.07, 6.45) is 2.06. The van der Waals surface area contributed by atoms with E-state index in [0.717, 1.165) is 26.9 Å². The first kappa shape index (κ1) is 24.0. The van der Waals surface area contributed by atoms with Crippen molar-refractivity contribution in [2.45, 2.75) is 24.9 Å². The van der Waals surface area contributed by atoms with E-state index < -0.39 is 35.8 Å². The van der Waals surface area contributed by atoms with Gasteiger partial charge in [-0.2, -0.15) is 0 Å². The number of ether oxygens (including phenoxy) is 1. The van der Waals surface area contributed by atoms with Crippen molar-refractivity contribution in [1.29, 1.82) is 0 Å². The summed E-state index contributed by atoms with van der Waals surface area (Å²) in [5.41, 5.74) is 3.00. The highest BCUT2D eigenvalue weighted by molar-refractivity contribution is 6.23. The molecule has 186 valence electrons. The number of hydrogen-bond acceptors (Lipinski definition) is 5. The molecule has 3 amide bonds. The van der Waals surface area contributed by atoms with Crippen LogP contribution in [0.2, 0.25) is 0 Å². The minimum Gasteiger partial charge on any atom is -0.467 e. The van der Waals surface area contributed by atoms with Gasteiger partial charge in [0.1, 0.15) is 12.1 Å². The van der Waals surface area contributed by atoms with Gasteiger partial charge in [-0.3, -0.25) is 19.3 Å². The Labute approximate surface area is 213 Å². The first-order valence-electron chi connectivity index (χ1n) is 11.9. The van der Waals surface area contributed by atoms with E-state index in [1.165, 1.54) is 7.11 Å². The summed E-state index contributed by atoms with van der Waals surface area (Å²) in [5.74, 6) is -2.32. The largest absolute Gasteiger partial charge is 0.467 e. The number of aromatic nitrogens is 1. The normalized spacial score (nSPS) is 14.4. The molecule has 5 rings (SSSR count). The van der Waals surface area contributed by atoms with Gasteiger partial charge in [-0.25, -0.2) is 4.79 Å². The van der Waals surface area contributed by atoms with Crippen LogP contribution in [-0.2, 0) is 27.2 Å². The molecule has 3 aromatic carbocycles. The second kappa shape index (κ2) is 10.1. The van der Waals surface area contributed by atoms with E-state index in [0.29, 0.717) is 0 Å². The molecule has 37 heavy (non-hydrogen) atoms. The van der Waals surface area contributed by atoms with Gasteiger partial charge >= 0.3 is 5.97 Å². The second-order valence-corrected chi connectivity index (χ2v) is 8.88. The van der Waals surface area contributed by atoms with E-state index in [1.807, 2.05) is 54.6 Å². The van der Waals surface area contributed by atoms with Crippen molar-refractivity contribution in [2.75, 3.05) is 7.11 Å². The molecular formula is C29H25N3O5. The number of nitrogens with one attached hydrogen (secondary N) is 2. The summed E-state index contributed by atoms with van der Waals surface area (Å²) < 4.78 is 4.98. The molecule has 0 saturated carbocycles. The molecule has 8 heteroatoms. The monoisotopic (exact) mass is 495 g/mol. The number of amides is 3. The number of aromatic amines is 1. The van der Waals surface area contributed by atoms with Gasteiger partial charge < -0.3 is 15.0 Å². The highest BCUT2D eigenvalue weighted by Gasteiger charge is 2.43. The standard InChI is InChI=1S/C29H25N3O5/c1-37-29(36)24(16-19-17-30-23-14-8-7-11-20(19)23)31-26(33)25(15-18-9-3-2-4-10-18)32-27(34)21-12-5-6-13-22(21)28(32)35/h2-14,17,24-25,30H,15-16H2,1H3,(H,31,33). The molecule has 1 aromatic heterocycles. The van der Waals surface area contributed by atoms with Crippen molar-refractivity contribution in [3.05, 3.63) is 107 Å². The summed E-state index contributed by atoms with van der Waals surface area (Å²) in [6, 6.07) is 21.1. The summed E-state index contributed by atoms with van der Waals surface area (Å²) in [6.45, 7) is 0. The molecule has 2 unspecified atom stereocenters. The topological polar surface area (TPSA) is 109 Å². The highest BCUT2D eigenvalue weighted by Crippen LogP contribution is 2.26. The third-order valence-corrected chi connectivity index (χ3v) is 6.61. The van der Waals surface area contributed by atoms with Crippen LogP contribution in [-0.4, -0.2) is 52.8 Å². The van der Waals surface area contributed by atoms with E-state index >= 15 is 0 Å². The third-order valence-electron chi connectivity index (χ3n) is 6.61. The van der Waals surface area contributed by atoms with Gasteiger partial charge in [0.05, 0.1) is 18.2 Å². The molecular weight excluding hydrogens is 470 g/mol. The van der Waals surface area contributed by atoms with Crippen molar-refractivity contribution in [2.24, 2.45) is 0 Å². The zero-order valence-electron chi connectivity index (χ0n) is 20.1. The van der Waals surface area contributed by atoms with E-state index in [2.05, 4.69) is 10.3 Å². The molecule has 0 aliphatic carbocycles. The lowest BCUT2D eigenvalue weighted by atomic mass is 10.0. The van der Waals surface area contributed by atoms with Crippen LogP contribution < -0.4 is 5.32 Å². The van der Waals surface area contributed by atoms with Crippen molar-refractivity contribution >= 4 is 34.6 Å². The second-order valence-electron chi connectivity index (χ2n) is 8.88. The first-order valence-corrected chi connectivity index (χ1v) is 11.9. The average Bonchev–Trinajstić information content (AvgIpc) is 3.45. The van der Waals surface area contributed by atoms with Gasteiger partial charge in [0, 0.05) is 29.9 Å². The number of para-hydroxylation sites is 1. The van der Waals surface area contributed by atoms with E-state index in [4.69, 9.17) is 4.74 Å². The smallest absolute Gasteiger partial charge is 0.328 e. The minimum atomic E-state index is -1.16. The zero-order chi connectivity index (χ0) is 25.9. The fourth-order valence-electron chi connectivity index (χ4n) is 4.75. The summed E-state index contributed by atoms with van der Waals surface area (Å²) in [5, 5.41) is 3.69. The minimum absolute atomic E-state index is 0.0963. The number of nitrogens with zero attached hydrogens (tertiary/aromatic N) is 1. The van der Waals surface area contributed by atoms with Crippen molar-refractivity contribution in [3.8, 4) is 0 Å². The zero-order valence-corrected chi connectivity index (χ0v) is 20.1. The summed E-state index contributed by atoms with van der Waals surface area (Å²) in [4.78, 5) is 57.1. The molecule has 8 nitrogen and oxygen atoms in total. The van der Waals surface area contributed by atoms with Crippen LogP contribution >= 0.6 is 0 Å². The number of esters is 1. The van der Waals surface area contributed by atoms with E-state index in [9.17, 15) is 19.2 Å². The van der Waals surface area contributed by atoms with Crippen LogP contribution in [0.15, 0.2) is 85.1 Å². The van der Waals surface area contributed by atoms with Gasteiger partial charge in [0.25, 0.3) is 11.8 Å². The Bertz CT molecular complexity index is 1460. The average molecular weight is 496 g/mol. The quantitative estimate of drug-likeness (QED) is 0.288. The number of hydrogen-bond donors (Lipinski definition) is 2. The maximum absolute atomic E-state index is 13.7. The number of benzene rings is 3. The van der Waals surface area contributed by atoms with Crippen molar-refractivity contribution < 1.29 is 23.9 Å². The molecule has 4 aromatic rings. The molecule has 1 aliphatic heterocycles. The fraction of sp³-hybridized carbons (Fsp3) is 0.172.